The first-order valence-corrected chi connectivity index (χ1v) is 9.14. The van der Waals surface area contributed by atoms with E-state index in [9.17, 15) is 14.4 Å². The van der Waals surface area contributed by atoms with Crippen LogP contribution in [0.4, 0.5) is 0 Å². The standard InChI is InChI=1S/C22H24N2O5/c1-14(2)29-18-11-7-8-16(12-18)13-19(21(26)23-15(3)22(27)28)24-20(25)17-9-5-4-6-10-17/h4-15H,1-3H3,(H,23,26)(H,24,25)(H,27,28)/b19-13+/t15-/m1/s1. The number of rotatable bonds is 8. The average molecular weight is 396 g/mol. The number of carbonyl (C=O) groups excluding carboxylic acids is 2. The van der Waals surface area contributed by atoms with E-state index in [0.29, 0.717) is 16.9 Å². The second-order valence-corrected chi connectivity index (χ2v) is 6.65. The summed E-state index contributed by atoms with van der Waals surface area (Å²) >= 11 is 0. The Morgan fingerprint density at radius 3 is 2.31 bits per heavy atom. The number of hydrogen-bond donors (Lipinski definition) is 3. The molecule has 0 unspecified atom stereocenters. The van der Waals surface area contributed by atoms with Crippen LogP contribution in [0.1, 0.15) is 36.7 Å². The summed E-state index contributed by atoms with van der Waals surface area (Å²) < 4.78 is 5.65. The lowest BCUT2D eigenvalue weighted by atomic mass is 10.1. The van der Waals surface area contributed by atoms with Crippen molar-refractivity contribution in [2.24, 2.45) is 0 Å². The number of ether oxygens (including phenoxy) is 1. The highest BCUT2D eigenvalue weighted by Gasteiger charge is 2.19. The van der Waals surface area contributed by atoms with Gasteiger partial charge in [-0.2, -0.15) is 0 Å². The third kappa shape index (κ3) is 6.80. The molecule has 1 atom stereocenters. The maximum Gasteiger partial charge on any atom is 0.325 e. The van der Waals surface area contributed by atoms with Crippen LogP contribution >= 0.6 is 0 Å². The molecule has 0 bridgehead atoms. The fourth-order valence-corrected chi connectivity index (χ4v) is 2.40. The SMILES string of the molecule is CC(C)Oc1cccc(/C=C(/NC(=O)c2ccccc2)C(=O)N[C@H](C)C(=O)O)c1. The van der Waals surface area contributed by atoms with Crippen LogP contribution in [0.3, 0.4) is 0 Å². The molecule has 7 nitrogen and oxygen atoms in total. The summed E-state index contributed by atoms with van der Waals surface area (Å²) in [5.41, 5.74) is 0.910. The van der Waals surface area contributed by atoms with Gasteiger partial charge in [-0.25, -0.2) is 0 Å². The molecule has 2 rings (SSSR count). The molecule has 2 amide bonds. The lowest BCUT2D eigenvalue weighted by Crippen LogP contribution is -2.42. The highest BCUT2D eigenvalue weighted by Crippen LogP contribution is 2.17. The second-order valence-electron chi connectivity index (χ2n) is 6.65. The summed E-state index contributed by atoms with van der Waals surface area (Å²) in [7, 11) is 0. The zero-order valence-electron chi connectivity index (χ0n) is 16.5. The predicted molar refractivity (Wildman–Crippen MR) is 109 cm³/mol. The number of hydrogen-bond acceptors (Lipinski definition) is 4. The van der Waals surface area contributed by atoms with Crippen molar-refractivity contribution < 1.29 is 24.2 Å². The van der Waals surface area contributed by atoms with Crippen LogP contribution in [0, 0.1) is 0 Å². The Labute approximate surface area is 169 Å². The summed E-state index contributed by atoms with van der Waals surface area (Å²) in [4.78, 5) is 36.2. The van der Waals surface area contributed by atoms with Crippen molar-refractivity contribution in [2.75, 3.05) is 0 Å². The number of aliphatic carboxylic acids is 1. The molecule has 152 valence electrons. The molecule has 29 heavy (non-hydrogen) atoms. The van der Waals surface area contributed by atoms with Gasteiger partial charge in [0, 0.05) is 5.56 Å². The summed E-state index contributed by atoms with van der Waals surface area (Å²) in [6.45, 7) is 5.14. The van der Waals surface area contributed by atoms with Gasteiger partial charge >= 0.3 is 5.97 Å². The molecule has 0 aliphatic rings. The van der Waals surface area contributed by atoms with Gasteiger partial charge < -0.3 is 20.5 Å². The summed E-state index contributed by atoms with van der Waals surface area (Å²) in [5, 5.41) is 14.0. The maximum atomic E-state index is 12.6. The number of carbonyl (C=O) groups is 3. The van der Waals surface area contributed by atoms with Gasteiger partial charge in [-0.15, -0.1) is 0 Å². The topological polar surface area (TPSA) is 105 Å². The van der Waals surface area contributed by atoms with Gasteiger partial charge in [0.25, 0.3) is 11.8 Å². The van der Waals surface area contributed by atoms with E-state index >= 15 is 0 Å². The molecule has 0 saturated carbocycles. The van der Waals surface area contributed by atoms with E-state index in [2.05, 4.69) is 10.6 Å². The summed E-state index contributed by atoms with van der Waals surface area (Å²) in [5.74, 6) is -1.76. The van der Waals surface area contributed by atoms with Crippen LogP contribution < -0.4 is 15.4 Å². The molecule has 3 N–H and O–H groups in total. The number of nitrogens with one attached hydrogen (secondary N) is 2. The van der Waals surface area contributed by atoms with E-state index in [1.54, 1.807) is 54.6 Å². The fourth-order valence-electron chi connectivity index (χ4n) is 2.40. The van der Waals surface area contributed by atoms with Gasteiger partial charge in [-0.3, -0.25) is 14.4 Å². The molecular formula is C22H24N2O5. The Morgan fingerprint density at radius 2 is 1.69 bits per heavy atom. The molecule has 7 heteroatoms. The molecule has 2 aromatic rings. The second kappa shape index (κ2) is 10.1. The van der Waals surface area contributed by atoms with E-state index in [0.717, 1.165) is 0 Å². The lowest BCUT2D eigenvalue weighted by Gasteiger charge is -2.14. The van der Waals surface area contributed by atoms with E-state index in [1.807, 2.05) is 13.8 Å². The minimum absolute atomic E-state index is 0.0220. The van der Waals surface area contributed by atoms with E-state index in [1.165, 1.54) is 13.0 Å². The maximum absolute atomic E-state index is 12.6. The van der Waals surface area contributed by atoms with Crippen LogP contribution in [-0.2, 0) is 9.59 Å². The number of amides is 2. The molecule has 0 radical (unpaired) electrons. The van der Waals surface area contributed by atoms with Crippen molar-refractivity contribution >= 4 is 23.9 Å². The van der Waals surface area contributed by atoms with Gasteiger partial charge in [0.1, 0.15) is 17.5 Å². The van der Waals surface area contributed by atoms with E-state index in [4.69, 9.17) is 9.84 Å². The lowest BCUT2D eigenvalue weighted by molar-refractivity contribution is -0.140. The quantitative estimate of drug-likeness (QED) is 0.595. The Morgan fingerprint density at radius 1 is 1.00 bits per heavy atom. The molecule has 2 aromatic carbocycles. The van der Waals surface area contributed by atoms with E-state index < -0.39 is 23.8 Å². The molecule has 0 spiro atoms. The minimum atomic E-state index is -1.18. The zero-order valence-corrected chi connectivity index (χ0v) is 16.5. The molecule has 0 heterocycles. The van der Waals surface area contributed by atoms with Crippen molar-refractivity contribution in [2.45, 2.75) is 32.9 Å². The molecule has 0 saturated heterocycles. The van der Waals surface area contributed by atoms with Crippen LogP contribution in [0.2, 0.25) is 0 Å². The van der Waals surface area contributed by atoms with Gasteiger partial charge in [-0.1, -0.05) is 30.3 Å². The Balaban J connectivity index is 2.33. The summed E-state index contributed by atoms with van der Waals surface area (Å²) in [6.07, 6.45) is 1.45. The first kappa shape index (κ1) is 21.7. The Hall–Kier alpha value is -3.61. The molecule has 0 aliphatic heterocycles. The third-order valence-electron chi connectivity index (χ3n) is 3.79. The van der Waals surface area contributed by atoms with Crippen LogP contribution in [-0.4, -0.2) is 35.0 Å². The Bertz CT molecular complexity index is 906. The number of benzene rings is 2. The van der Waals surface area contributed by atoms with Gasteiger partial charge in [-0.05, 0) is 56.7 Å². The average Bonchev–Trinajstić information content (AvgIpc) is 2.67. The Kier molecular flexibility index (Phi) is 7.54. The first-order valence-electron chi connectivity index (χ1n) is 9.14. The largest absolute Gasteiger partial charge is 0.491 e. The highest BCUT2D eigenvalue weighted by atomic mass is 16.5. The van der Waals surface area contributed by atoms with Crippen molar-refractivity contribution in [3.8, 4) is 5.75 Å². The number of carboxylic acid groups (broad SMARTS) is 1. The van der Waals surface area contributed by atoms with Crippen molar-refractivity contribution in [1.82, 2.24) is 10.6 Å². The van der Waals surface area contributed by atoms with Crippen molar-refractivity contribution in [1.29, 1.82) is 0 Å². The monoisotopic (exact) mass is 396 g/mol. The normalized spacial score (nSPS) is 12.2. The molecule has 0 aliphatic carbocycles. The van der Waals surface area contributed by atoms with Crippen LogP contribution in [0.5, 0.6) is 5.75 Å². The first-order chi connectivity index (χ1) is 13.8. The van der Waals surface area contributed by atoms with Crippen molar-refractivity contribution in [3.63, 3.8) is 0 Å². The summed E-state index contributed by atoms with van der Waals surface area (Å²) in [6, 6.07) is 14.3. The molecular weight excluding hydrogens is 372 g/mol. The predicted octanol–water partition coefficient (Wildman–Crippen LogP) is 2.83. The van der Waals surface area contributed by atoms with E-state index in [-0.39, 0.29) is 11.8 Å². The zero-order chi connectivity index (χ0) is 21.4. The molecule has 0 fully saturated rings. The van der Waals surface area contributed by atoms with Crippen LogP contribution in [0.15, 0.2) is 60.3 Å². The fraction of sp³-hybridized carbons (Fsp3) is 0.227. The van der Waals surface area contributed by atoms with Crippen molar-refractivity contribution in [3.05, 3.63) is 71.4 Å². The van der Waals surface area contributed by atoms with Gasteiger partial charge in [0.2, 0.25) is 0 Å². The highest BCUT2D eigenvalue weighted by molar-refractivity contribution is 6.06. The molecule has 0 aromatic heterocycles. The van der Waals surface area contributed by atoms with Gasteiger partial charge in [0.15, 0.2) is 0 Å². The number of carboxylic acids is 1. The smallest absolute Gasteiger partial charge is 0.325 e. The van der Waals surface area contributed by atoms with Crippen LogP contribution in [0.25, 0.3) is 6.08 Å². The minimum Gasteiger partial charge on any atom is -0.491 e. The van der Waals surface area contributed by atoms with Gasteiger partial charge in [0.05, 0.1) is 6.10 Å². The third-order valence-corrected chi connectivity index (χ3v) is 3.79.